The van der Waals surface area contributed by atoms with Crippen molar-refractivity contribution in [3.8, 4) is 0 Å². The number of benzene rings is 1. The van der Waals surface area contributed by atoms with Crippen molar-refractivity contribution in [2.75, 3.05) is 5.32 Å². The highest BCUT2D eigenvalue weighted by Crippen LogP contribution is 2.40. The lowest BCUT2D eigenvalue weighted by Crippen LogP contribution is -2.12. The van der Waals surface area contributed by atoms with Crippen molar-refractivity contribution in [1.29, 1.82) is 0 Å². The molecule has 3 rings (SSSR count). The van der Waals surface area contributed by atoms with E-state index in [2.05, 4.69) is 10.3 Å². The van der Waals surface area contributed by atoms with Crippen molar-refractivity contribution in [3.63, 3.8) is 0 Å². The molecule has 1 amide bonds. The number of nitrogens with one attached hydrogen (secondary N) is 1. The van der Waals surface area contributed by atoms with E-state index in [-0.39, 0.29) is 5.91 Å². The SMILES string of the molecule is O=C(Nc1cc(C2CC2)ccn1)c1cccc(Cl)c1. The zero-order valence-corrected chi connectivity index (χ0v) is 11.0. The average molecular weight is 273 g/mol. The summed E-state index contributed by atoms with van der Waals surface area (Å²) in [7, 11) is 0. The van der Waals surface area contributed by atoms with Gasteiger partial charge in [0.05, 0.1) is 0 Å². The molecule has 0 saturated heterocycles. The fourth-order valence-corrected chi connectivity index (χ4v) is 2.19. The van der Waals surface area contributed by atoms with Gasteiger partial charge in [-0.3, -0.25) is 4.79 Å². The summed E-state index contributed by atoms with van der Waals surface area (Å²) >= 11 is 5.87. The first-order chi connectivity index (χ1) is 9.22. The minimum absolute atomic E-state index is 0.192. The Morgan fingerprint density at radius 1 is 1.26 bits per heavy atom. The summed E-state index contributed by atoms with van der Waals surface area (Å²) < 4.78 is 0. The van der Waals surface area contributed by atoms with Crippen LogP contribution in [-0.2, 0) is 0 Å². The first kappa shape index (κ1) is 12.2. The number of hydrogen-bond donors (Lipinski definition) is 1. The van der Waals surface area contributed by atoms with Gasteiger partial charge >= 0.3 is 0 Å². The lowest BCUT2D eigenvalue weighted by Gasteiger charge is -2.06. The van der Waals surface area contributed by atoms with Crippen molar-refractivity contribution in [2.24, 2.45) is 0 Å². The summed E-state index contributed by atoms with van der Waals surface area (Å²) in [6.45, 7) is 0. The average Bonchev–Trinajstić information content (AvgIpc) is 3.23. The molecule has 96 valence electrons. The summed E-state index contributed by atoms with van der Waals surface area (Å²) in [5.74, 6) is 1.04. The number of anilines is 1. The number of carbonyl (C=O) groups excluding carboxylic acids is 1. The molecule has 1 aliphatic carbocycles. The van der Waals surface area contributed by atoms with Crippen molar-refractivity contribution >= 4 is 23.3 Å². The molecule has 0 atom stereocenters. The molecule has 0 bridgehead atoms. The summed E-state index contributed by atoms with van der Waals surface area (Å²) in [6, 6.07) is 10.8. The minimum atomic E-state index is -0.192. The Labute approximate surface area is 116 Å². The first-order valence-electron chi connectivity index (χ1n) is 6.25. The van der Waals surface area contributed by atoms with Crippen LogP contribution in [0.2, 0.25) is 5.02 Å². The minimum Gasteiger partial charge on any atom is -0.307 e. The Kier molecular flexibility index (Phi) is 3.22. The lowest BCUT2D eigenvalue weighted by molar-refractivity contribution is 0.102. The van der Waals surface area contributed by atoms with Crippen LogP contribution < -0.4 is 5.32 Å². The second-order valence-electron chi connectivity index (χ2n) is 4.71. The van der Waals surface area contributed by atoms with Gasteiger partial charge < -0.3 is 5.32 Å². The van der Waals surface area contributed by atoms with Gasteiger partial charge in [-0.2, -0.15) is 0 Å². The van der Waals surface area contributed by atoms with Crippen LogP contribution >= 0.6 is 11.6 Å². The molecule has 0 radical (unpaired) electrons. The molecule has 1 aliphatic rings. The van der Waals surface area contributed by atoms with Gasteiger partial charge in [-0.1, -0.05) is 17.7 Å². The van der Waals surface area contributed by atoms with Crippen molar-refractivity contribution in [2.45, 2.75) is 18.8 Å². The molecule has 0 spiro atoms. The fraction of sp³-hybridized carbons (Fsp3) is 0.200. The third-order valence-corrected chi connectivity index (χ3v) is 3.40. The molecule has 4 heteroatoms. The van der Waals surface area contributed by atoms with E-state index >= 15 is 0 Å². The summed E-state index contributed by atoms with van der Waals surface area (Å²) in [5, 5.41) is 3.35. The first-order valence-corrected chi connectivity index (χ1v) is 6.63. The summed E-state index contributed by atoms with van der Waals surface area (Å²) in [6.07, 6.45) is 4.19. The predicted octanol–water partition coefficient (Wildman–Crippen LogP) is 3.86. The van der Waals surface area contributed by atoms with Crippen LogP contribution in [-0.4, -0.2) is 10.9 Å². The van der Waals surface area contributed by atoms with Gasteiger partial charge in [0.25, 0.3) is 5.91 Å². The van der Waals surface area contributed by atoms with Gasteiger partial charge in [0.1, 0.15) is 5.82 Å². The number of halogens is 1. The highest BCUT2D eigenvalue weighted by molar-refractivity contribution is 6.31. The van der Waals surface area contributed by atoms with E-state index in [1.54, 1.807) is 30.5 Å². The van der Waals surface area contributed by atoms with Crippen LogP contribution in [0.1, 0.15) is 34.7 Å². The number of aromatic nitrogens is 1. The molecule has 1 N–H and O–H groups in total. The van der Waals surface area contributed by atoms with E-state index in [1.807, 2.05) is 12.1 Å². The van der Waals surface area contributed by atoms with Crippen LogP contribution in [0.15, 0.2) is 42.6 Å². The molecule has 2 aromatic rings. The molecule has 1 aromatic carbocycles. The highest BCUT2D eigenvalue weighted by Gasteiger charge is 2.23. The van der Waals surface area contributed by atoms with Crippen LogP contribution in [0.4, 0.5) is 5.82 Å². The monoisotopic (exact) mass is 272 g/mol. The summed E-state index contributed by atoms with van der Waals surface area (Å²) in [4.78, 5) is 16.2. The van der Waals surface area contributed by atoms with E-state index in [4.69, 9.17) is 11.6 Å². The maximum atomic E-state index is 12.1. The third-order valence-electron chi connectivity index (χ3n) is 3.16. The van der Waals surface area contributed by atoms with Crippen LogP contribution in [0, 0.1) is 0 Å². The Hall–Kier alpha value is -1.87. The standard InChI is InChI=1S/C15H13ClN2O/c16-13-3-1-2-12(8-13)15(19)18-14-9-11(6-7-17-14)10-4-5-10/h1-3,6-10H,4-5H2,(H,17,18,19). The maximum absolute atomic E-state index is 12.1. The highest BCUT2D eigenvalue weighted by atomic mass is 35.5. The normalized spacial score (nSPS) is 14.2. The van der Waals surface area contributed by atoms with Gasteiger partial charge in [-0.25, -0.2) is 4.98 Å². The summed E-state index contributed by atoms with van der Waals surface area (Å²) in [5.41, 5.74) is 1.78. The largest absolute Gasteiger partial charge is 0.307 e. The quantitative estimate of drug-likeness (QED) is 0.922. The van der Waals surface area contributed by atoms with Gasteiger partial charge in [0.2, 0.25) is 0 Å². The van der Waals surface area contributed by atoms with Gasteiger partial charge in [0.15, 0.2) is 0 Å². The van der Waals surface area contributed by atoms with E-state index in [0.717, 1.165) is 0 Å². The third kappa shape index (κ3) is 2.93. The predicted molar refractivity (Wildman–Crippen MR) is 75.6 cm³/mol. The number of pyridine rings is 1. The molecule has 0 aliphatic heterocycles. The molecule has 1 aromatic heterocycles. The molecule has 1 saturated carbocycles. The Bertz CT molecular complexity index is 623. The van der Waals surface area contributed by atoms with Crippen molar-refractivity contribution in [1.82, 2.24) is 4.98 Å². The van der Waals surface area contributed by atoms with Crippen LogP contribution in [0.3, 0.4) is 0 Å². The maximum Gasteiger partial charge on any atom is 0.256 e. The Morgan fingerprint density at radius 2 is 2.11 bits per heavy atom. The molecule has 0 unspecified atom stereocenters. The molecular formula is C15H13ClN2O. The van der Waals surface area contributed by atoms with E-state index < -0.39 is 0 Å². The van der Waals surface area contributed by atoms with E-state index in [0.29, 0.717) is 22.3 Å². The van der Waals surface area contributed by atoms with Crippen molar-refractivity contribution < 1.29 is 4.79 Å². The number of amides is 1. The Morgan fingerprint density at radius 3 is 2.84 bits per heavy atom. The number of rotatable bonds is 3. The van der Waals surface area contributed by atoms with Gasteiger partial charge in [0, 0.05) is 16.8 Å². The molecule has 1 heterocycles. The molecule has 3 nitrogen and oxygen atoms in total. The Balaban J connectivity index is 1.77. The van der Waals surface area contributed by atoms with Gasteiger partial charge in [-0.15, -0.1) is 0 Å². The zero-order valence-electron chi connectivity index (χ0n) is 10.3. The second-order valence-corrected chi connectivity index (χ2v) is 5.15. The molecule has 19 heavy (non-hydrogen) atoms. The van der Waals surface area contributed by atoms with Crippen LogP contribution in [0.25, 0.3) is 0 Å². The van der Waals surface area contributed by atoms with Crippen molar-refractivity contribution in [3.05, 3.63) is 58.7 Å². The zero-order chi connectivity index (χ0) is 13.2. The topological polar surface area (TPSA) is 42.0 Å². The second kappa shape index (κ2) is 5.02. The van der Waals surface area contributed by atoms with E-state index in [9.17, 15) is 4.79 Å². The number of carbonyl (C=O) groups is 1. The van der Waals surface area contributed by atoms with Crippen LogP contribution in [0.5, 0.6) is 0 Å². The number of hydrogen-bond acceptors (Lipinski definition) is 2. The fourth-order valence-electron chi connectivity index (χ4n) is 2.00. The van der Waals surface area contributed by atoms with E-state index in [1.165, 1.54) is 18.4 Å². The van der Waals surface area contributed by atoms with Gasteiger partial charge in [-0.05, 0) is 54.7 Å². The lowest BCUT2D eigenvalue weighted by atomic mass is 10.1. The smallest absolute Gasteiger partial charge is 0.256 e. The molecule has 1 fully saturated rings. The molecular weight excluding hydrogens is 260 g/mol. The number of nitrogens with zero attached hydrogens (tertiary/aromatic N) is 1.